The third-order valence-electron chi connectivity index (χ3n) is 4.46. The molecule has 0 saturated carbocycles. The van der Waals surface area contributed by atoms with Crippen LogP contribution in [-0.4, -0.2) is 50.6 Å². The number of aliphatic hydroxyl groups excluding tert-OH is 2. The number of piperidine rings is 1. The van der Waals surface area contributed by atoms with Crippen molar-refractivity contribution >= 4 is 16.7 Å². The molecule has 0 bridgehead atoms. The van der Waals surface area contributed by atoms with Crippen LogP contribution in [-0.2, 0) is 0 Å². The molecule has 1 aliphatic rings. The summed E-state index contributed by atoms with van der Waals surface area (Å²) in [7, 11) is 0. The number of benzene rings is 1. The minimum absolute atomic E-state index is 0.147. The van der Waals surface area contributed by atoms with Gasteiger partial charge in [0.15, 0.2) is 0 Å². The molecule has 1 aliphatic heterocycles. The zero-order valence-electron chi connectivity index (χ0n) is 13.4. The van der Waals surface area contributed by atoms with Crippen LogP contribution in [0.25, 0.3) is 22.2 Å². The van der Waals surface area contributed by atoms with Crippen molar-refractivity contribution in [1.29, 1.82) is 0 Å². The summed E-state index contributed by atoms with van der Waals surface area (Å²) in [5.74, 6) is -0.107. The molecule has 0 radical (unpaired) electrons. The monoisotopic (exact) mass is 343 g/mol. The van der Waals surface area contributed by atoms with Gasteiger partial charge in [0.25, 0.3) is 0 Å². The number of nitrogens with one attached hydrogen (secondary N) is 1. The standard InChI is InChI=1S/C18H18FN3O3/c19-18-14(16-6-10-5-11(23)1-3-15(10)20-16)2-4-17(21-18)22-8-12(24)7-13(25)9-22/h1-6,12-13,20,23-25H,7-9H2/t12-,13-/m0/s1. The first-order valence-corrected chi connectivity index (χ1v) is 8.09. The van der Waals surface area contributed by atoms with Gasteiger partial charge in [0.05, 0.1) is 23.5 Å². The molecule has 0 spiro atoms. The number of phenolic OH excluding ortho intramolecular Hbond substituents is 1. The molecule has 1 fully saturated rings. The number of fused-ring (bicyclic) bond motifs is 1. The number of rotatable bonds is 2. The molecule has 2 atom stereocenters. The number of nitrogens with zero attached hydrogens (tertiary/aromatic N) is 2. The van der Waals surface area contributed by atoms with Crippen LogP contribution in [0.1, 0.15) is 6.42 Å². The smallest absolute Gasteiger partial charge is 0.224 e. The zero-order chi connectivity index (χ0) is 17.6. The van der Waals surface area contributed by atoms with Crippen LogP contribution in [0.4, 0.5) is 10.2 Å². The molecule has 6 nitrogen and oxygen atoms in total. The van der Waals surface area contributed by atoms with E-state index in [0.717, 1.165) is 10.9 Å². The van der Waals surface area contributed by atoms with Gasteiger partial charge in [-0.25, -0.2) is 4.98 Å². The summed E-state index contributed by atoms with van der Waals surface area (Å²) >= 11 is 0. The number of hydrogen-bond donors (Lipinski definition) is 4. The molecule has 130 valence electrons. The number of aromatic nitrogens is 2. The van der Waals surface area contributed by atoms with Crippen molar-refractivity contribution in [1.82, 2.24) is 9.97 Å². The molecule has 0 unspecified atom stereocenters. The quantitative estimate of drug-likeness (QED) is 0.534. The number of aromatic amines is 1. The number of pyridine rings is 1. The van der Waals surface area contributed by atoms with Crippen LogP contribution >= 0.6 is 0 Å². The fourth-order valence-corrected chi connectivity index (χ4v) is 3.30. The molecule has 1 aromatic carbocycles. The number of halogens is 1. The molecule has 3 heterocycles. The first kappa shape index (κ1) is 15.9. The van der Waals surface area contributed by atoms with E-state index in [1.807, 2.05) is 0 Å². The van der Waals surface area contributed by atoms with Gasteiger partial charge in [-0.2, -0.15) is 4.39 Å². The lowest BCUT2D eigenvalue weighted by Gasteiger charge is -2.34. The van der Waals surface area contributed by atoms with Crippen molar-refractivity contribution < 1.29 is 19.7 Å². The van der Waals surface area contributed by atoms with Gasteiger partial charge >= 0.3 is 0 Å². The van der Waals surface area contributed by atoms with E-state index in [9.17, 15) is 19.7 Å². The Morgan fingerprint density at radius 2 is 1.84 bits per heavy atom. The molecule has 1 saturated heterocycles. The van der Waals surface area contributed by atoms with Crippen molar-refractivity contribution in [2.24, 2.45) is 0 Å². The predicted octanol–water partition coefficient (Wildman–Crippen LogP) is 2.01. The van der Waals surface area contributed by atoms with Gasteiger partial charge in [-0.15, -0.1) is 0 Å². The van der Waals surface area contributed by atoms with Crippen LogP contribution in [0.2, 0.25) is 0 Å². The SMILES string of the molecule is Oc1ccc2[nH]c(-c3ccc(N4C[C@@H](O)C[C@H](O)C4)nc3F)cc2c1. The number of anilines is 1. The summed E-state index contributed by atoms with van der Waals surface area (Å²) in [6.45, 7) is 0.628. The van der Waals surface area contributed by atoms with Crippen molar-refractivity contribution in [3.05, 3.63) is 42.3 Å². The highest BCUT2D eigenvalue weighted by atomic mass is 19.1. The van der Waals surface area contributed by atoms with Gasteiger partial charge in [-0.1, -0.05) is 0 Å². The summed E-state index contributed by atoms with van der Waals surface area (Å²) in [6.07, 6.45) is -0.997. The van der Waals surface area contributed by atoms with E-state index in [2.05, 4.69) is 9.97 Å². The first-order chi connectivity index (χ1) is 12.0. The second-order valence-electron chi connectivity index (χ2n) is 6.41. The largest absolute Gasteiger partial charge is 0.508 e. The second-order valence-corrected chi connectivity index (χ2v) is 6.41. The number of phenols is 1. The molecule has 4 N–H and O–H groups in total. The molecule has 0 amide bonds. The van der Waals surface area contributed by atoms with Gasteiger partial charge in [0, 0.05) is 30.4 Å². The van der Waals surface area contributed by atoms with E-state index < -0.39 is 18.2 Å². The van der Waals surface area contributed by atoms with Crippen molar-refractivity contribution in [3.8, 4) is 17.0 Å². The van der Waals surface area contributed by atoms with Gasteiger partial charge in [-0.3, -0.25) is 0 Å². The Bertz CT molecular complexity index is 917. The molecule has 0 aliphatic carbocycles. The topological polar surface area (TPSA) is 92.6 Å². The summed E-state index contributed by atoms with van der Waals surface area (Å²) in [6, 6.07) is 9.94. The Hall–Kier alpha value is -2.64. The van der Waals surface area contributed by atoms with E-state index in [-0.39, 0.29) is 5.75 Å². The minimum Gasteiger partial charge on any atom is -0.508 e. The Kier molecular flexibility index (Phi) is 3.82. The van der Waals surface area contributed by atoms with Gasteiger partial charge in [0.2, 0.25) is 5.95 Å². The summed E-state index contributed by atoms with van der Waals surface area (Å²) < 4.78 is 14.6. The van der Waals surface area contributed by atoms with E-state index >= 15 is 0 Å². The lowest BCUT2D eigenvalue weighted by Crippen LogP contribution is -2.46. The number of β-amino-alcohol motifs (C(OH)–C–C–N with tert-alkyl or cyclic N) is 2. The van der Waals surface area contributed by atoms with Gasteiger partial charge in [0.1, 0.15) is 11.6 Å². The van der Waals surface area contributed by atoms with Crippen LogP contribution in [0.15, 0.2) is 36.4 Å². The number of aromatic hydroxyl groups is 1. The molecular formula is C18H18FN3O3. The van der Waals surface area contributed by atoms with Crippen LogP contribution < -0.4 is 4.90 Å². The highest BCUT2D eigenvalue weighted by molar-refractivity contribution is 5.87. The Balaban J connectivity index is 1.67. The van der Waals surface area contributed by atoms with E-state index in [0.29, 0.717) is 36.6 Å². The third kappa shape index (κ3) is 3.04. The van der Waals surface area contributed by atoms with Crippen LogP contribution in [0.5, 0.6) is 5.75 Å². The molecular weight excluding hydrogens is 325 g/mol. The van der Waals surface area contributed by atoms with E-state index in [1.165, 1.54) is 0 Å². The summed E-state index contributed by atoms with van der Waals surface area (Å²) in [5, 5.41) is 29.9. The highest BCUT2D eigenvalue weighted by Gasteiger charge is 2.26. The van der Waals surface area contributed by atoms with E-state index in [1.54, 1.807) is 41.3 Å². The molecule has 7 heteroatoms. The molecule has 25 heavy (non-hydrogen) atoms. The second kappa shape index (κ2) is 6.02. The Morgan fingerprint density at radius 3 is 2.56 bits per heavy atom. The van der Waals surface area contributed by atoms with Crippen molar-refractivity contribution in [3.63, 3.8) is 0 Å². The van der Waals surface area contributed by atoms with Gasteiger partial charge in [-0.05, 0) is 36.4 Å². The highest BCUT2D eigenvalue weighted by Crippen LogP contribution is 2.29. The van der Waals surface area contributed by atoms with Crippen LogP contribution in [0, 0.1) is 5.95 Å². The summed E-state index contributed by atoms with van der Waals surface area (Å²) in [5.41, 5.74) is 1.67. The number of hydrogen-bond acceptors (Lipinski definition) is 5. The van der Waals surface area contributed by atoms with Crippen molar-refractivity contribution in [2.75, 3.05) is 18.0 Å². The molecule has 4 rings (SSSR count). The predicted molar refractivity (Wildman–Crippen MR) is 92.0 cm³/mol. The van der Waals surface area contributed by atoms with E-state index in [4.69, 9.17) is 0 Å². The lowest BCUT2D eigenvalue weighted by molar-refractivity contribution is 0.0648. The third-order valence-corrected chi connectivity index (χ3v) is 4.46. The maximum Gasteiger partial charge on any atom is 0.224 e. The Labute approximate surface area is 143 Å². The lowest BCUT2D eigenvalue weighted by atomic mass is 10.1. The minimum atomic E-state index is -0.658. The molecule has 3 aromatic rings. The normalized spacial score (nSPS) is 21.0. The first-order valence-electron chi connectivity index (χ1n) is 8.09. The zero-order valence-corrected chi connectivity index (χ0v) is 13.4. The molecule has 2 aromatic heterocycles. The average Bonchev–Trinajstić information content (AvgIpc) is 2.96. The Morgan fingerprint density at radius 1 is 1.08 bits per heavy atom. The number of H-pyrrole nitrogens is 1. The summed E-state index contributed by atoms with van der Waals surface area (Å²) in [4.78, 5) is 8.78. The van der Waals surface area contributed by atoms with Crippen molar-refractivity contribution in [2.45, 2.75) is 18.6 Å². The van der Waals surface area contributed by atoms with Crippen LogP contribution in [0.3, 0.4) is 0 Å². The fraction of sp³-hybridized carbons (Fsp3) is 0.278. The fourth-order valence-electron chi connectivity index (χ4n) is 3.30. The maximum atomic E-state index is 14.6. The van der Waals surface area contributed by atoms with Gasteiger partial charge < -0.3 is 25.2 Å². The maximum absolute atomic E-state index is 14.6. The average molecular weight is 343 g/mol. The number of aliphatic hydroxyl groups is 2.